The van der Waals surface area contributed by atoms with E-state index in [1.807, 2.05) is 30.3 Å². The predicted octanol–water partition coefficient (Wildman–Crippen LogP) is 4.68. The van der Waals surface area contributed by atoms with Gasteiger partial charge in [0.15, 0.2) is 5.78 Å². The Labute approximate surface area is 130 Å². The number of hydrogen-bond acceptors (Lipinski definition) is 3. The molecule has 0 aliphatic carbocycles. The summed E-state index contributed by atoms with van der Waals surface area (Å²) in [7, 11) is 0. The van der Waals surface area contributed by atoms with E-state index in [4.69, 9.17) is 4.74 Å². The molecule has 0 heterocycles. The number of carbonyl (C=O) groups is 1. The number of Topliss-reactive ketones (excluding diaryl/α,β-unsaturated/α-hetero) is 1. The maximum Gasteiger partial charge on any atom is 0.159 e. The summed E-state index contributed by atoms with van der Waals surface area (Å²) in [6.07, 6.45) is 0. The van der Waals surface area contributed by atoms with Gasteiger partial charge in [-0.15, -0.1) is 11.8 Å². The number of rotatable bonds is 6. The number of ketones is 1. The van der Waals surface area contributed by atoms with Crippen LogP contribution in [0.1, 0.15) is 28.4 Å². The Bertz CT molecular complexity index is 618. The van der Waals surface area contributed by atoms with Crippen LogP contribution in [0.4, 0.5) is 0 Å². The van der Waals surface area contributed by atoms with E-state index in [2.05, 4.69) is 26.0 Å². The molecule has 0 bridgehead atoms. The lowest BCUT2D eigenvalue weighted by molar-refractivity contribution is 0.101. The van der Waals surface area contributed by atoms with Crippen LogP contribution in [-0.2, 0) is 0 Å². The van der Waals surface area contributed by atoms with Crippen molar-refractivity contribution in [1.82, 2.24) is 0 Å². The Morgan fingerprint density at radius 1 is 1.10 bits per heavy atom. The van der Waals surface area contributed by atoms with Crippen molar-refractivity contribution in [1.29, 1.82) is 0 Å². The lowest BCUT2D eigenvalue weighted by atomic mass is 10.1. The molecule has 0 aliphatic rings. The number of ether oxygens (including phenoxy) is 1. The molecule has 21 heavy (non-hydrogen) atoms. The first kappa shape index (κ1) is 15.6. The van der Waals surface area contributed by atoms with Crippen molar-refractivity contribution in [2.45, 2.75) is 25.7 Å². The molecule has 2 aromatic rings. The van der Waals surface area contributed by atoms with Gasteiger partial charge in [0.2, 0.25) is 0 Å². The zero-order valence-electron chi connectivity index (χ0n) is 12.7. The first-order chi connectivity index (χ1) is 10.1. The number of carbonyl (C=O) groups excluding carboxylic acids is 1. The molecular formula is C18H20O2S. The second-order valence-electron chi connectivity index (χ2n) is 5.05. The zero-order valence-corrected chi connectivity index (χ0v) is 13.5. The Morgan fingerprint density at radius 2 is 1.81 bits per heavy atom. The molecular weight excluding hydrogens is 280 g/mol. The van der Waals surface area contributed by atoms with Gasteiger partial charge in [-0.1, -0.05) is 29.8 Å². The molecule has 0 saturated heterocycles. The SMILES string of the molecule is CC(=O)c1ccc(SCCOc2ccc(C)cc2C)cc1. The average Bonchev–Trinajstić information content (AvgIpc) is 2.46. The molecule has 0 radical (unpaired) electrons. The molecule has 0 aromatic heterocycles. The van der Waals surface area contributed by atoms with Gasteiger partial charge in [-0.25, -0.2) is 0 Å². The standard InChI is InChI=1S/C18H20O2S/c1-13-4-9-18(14(2)12-13)20-10-11-21-17-7-5-16(6-8-17)15(3)19/h4-9,12H,10-11H2,1-3H3. The van der Waals surface area contributed by atoms with E-state index in [-0.39, 0.29) is 5.78 Å². The van der Waals surface area contributed by atoms with Crippen LogP contribution in [0.5, 0.6) is 5.75 Å². The first-order valence-electron chi connectivity index (χ1n) is 7.00. The van der Waals surface area contributed by atoms with E-state index < -0.39 is 0 Å². The highest BCUT2D eigenvalue weighted by Gasteiger charge is 2.01. The molecule has 0 amide bonds. The maximum absolute atomic E-state index is 11.2. The Kier molecular flexibility index (Phi) is 5.45. The van der Waals surface area contributed by atoms with Crippen LogP contribution in [-0.4, -0.2) is 18.1 Å². The van der Waals surface area contributed by atoms with Crippen molar-refractivity contribution in [3.63, 3.8) is 0 Å². The van der Waals surface area contributed by atoms with Gasteiger partial charge in [-0.3, -0.25) is 4.79 Å². The third-order valence-electron chi connectivity index (χ3n) is 3.20. The molecule has 0 spiro atoms. The highest BCUT2D eigenvalue weighted by Crippen LogP contribution is 2.21. The fourth-order valence-electron chi connectivity index (χ4n) is 2.06. The van der Waals surface area contributed by atoms with Crippen LogP contribution in [0, 0.1) is 13.8 Å². The highest BCUT2D eigenvalue weighted by atomic mass is 32.2. The summed E-state index contributed by atoms with van der Waals surface area (Å²) < 4.78 is 5.80. The molecule has 0 saturated carbocycles. The molecule has 2 rings (SSSR count). The van der Waals surface area contributed by atoms with Gasteiger partial charge >= 0.3 is 0 Å². The average molecular weight is 300 g/mol. The molecule has 2 nitrogen and oxygen atoms in total. The van der Waals surface area contributed by atoms with Crippen LogP contribution >= 0.6 is 11.8 Å². The van der Waals surface area contributed by atoms with E-state index in [9.17, 15) is 4.79 Å². The zero-order chi connectivity index (χ0) is 15.2. The summed E-state index contributed by atoms with van der Waals surface area (Å²) >= 11 is 1.73. The van der Waals surface area contributed by atoms with Crippen LogP contribution in [0.2, 0.25) is 0 Å². The number of aryl methyl sites for hydroxylation is 2. The van der Waals surface area contributed by atoms with E-state index in [0.29, 0.717) is 6.61 Å². The quantitative estimate of drug-likeness (QED) is 0.440. The van der Waals surface area contributed by atoms with Gasteiger partial charge in [0.1, 0.15) is 5.75 Å². The summed E-state index contributed by atoms with van der Waals surface area (Å²) in [5.74, 6) is 1.94. The fourth-order valence-corrected chi connectivity index (χ4v) is 2.79. The second kappa shape index (κ2) is 7.32. The molecule has 0 unspecified atom stereocenters. The molecule has 2 aromatic carbocycles. The summed E-state index contributed by atoms with van der Waals surface area (Å²) in [5, 5.41) is 0. The monoisotopic (exact) mass is 300 g/mol. The van der Waals surface area contributed by atoms with Crippen LogP contribution in [0.3, 0.4) is 0 Å². The largest absolute Gasteiger partial charge is 0.492 e. The first-order valence-corrected chi connectivity index (χ1v) is 7.98. The number of hydrogen-bond donors (Lipinski definition) is 0. The third kappa shape index (κ3) is 4.64. The van der Waals surface area contributed by atoms with E-state index in [0.717, 1.165) is 22.0 Å². The maximum atomic E-state index is 11.2. The van der Waals surface area contributed by atoms with Crippen molar-refractivity contribution < 1.29 is 9.53 Å². The minimum Gasteiger partial charge on any atom is -0.492 e. The van der Waals surface area contributed by atoms with E-state index in [1.165, 1.54) is 11.1 Å². The normalized spacial score (nSPS) is 10.4. The summed E-state index contributed by atoms with van der Waals surface area (Å²) in [4.78, 5) is 12.4. The summed E-state index contributed by atoms with van der Waals surface area (Å²) in [6, 6.07) is 13.9. The van der Waals surface area contributed by atoms with E-state index >= 15 is 0 Å². The van der Waals surface area contributed by atoms with E-state index in [1.54, 1.807) is 18.7 Å². The van der Waals surface area contributed by atoms with Gasteiger partial charge in [0.25, 0.3) is 0 Å². The minimum atomic E-state index is 0.102. The van der Waals surface area contributed by atoms with Crippen molar-refractivity contribution in [2.24, 2.45) is 0 Å². The van der Waals surface area contributed by atoms with Crippen molar-refractivity contribution in [2.75, 3.05) is 12.4 Å². The predicted molar refractivity (Wildman–Crippen MR) is 88.6 cm³/mol. The third-order valence-corrected chi connectivity index (χ3v) is 4.18. The topological polar surface area (TPSA) is 26.3 Å². The van der Waals surface area contributed by atoms with Crippen LogP contribution in [0.25, 0.3) is 0 Å². The van der Waals surface area contributed by atoms with Crippen molar-refractivity contribution >= 4 is 17.5 Å². The van der Waals surface area contributed by atoms with Crippen molar-refractivity contribution in [3.8, 4) is 5.75 Å². The number of benzene rings is 2. The highest BCUT2D eigenvalue weighted by molar-refractivity contribution is 7.99. The summed E-state index contributed by atoms with van der Waals surface area (Å²) in [6.45, 7) is 6.40. The Balaban J connectivity index is 1.80. The Hall–Kier alpha value is -1.74. The minimum absolute atomic E-state index is 0.102. The molecule has 0 atom stereocenters. The molecule has 110 valence electrons. The Morgan fingerprint density at radius 3 is 2.43 bits per heavy atom. The molecule has 0 aliphatic heterocycles. The molecule has 0 N–H and O–H groups in total. The molecule has 0 fully saturated rings. The summed E-state index contributed by atoms with van der Waals surface area (Å²) in [5.41, 5.74) is 3.18. The smallest absolute Gasteiger partial charge is 0.159 e. The van der Waals surface area contributed by atoms with Gasteiger partial charge in [-0.2, -0.15) is 0 Å². The number of thioether (sulfide) groups is 1. The van der Waals surface area contributed by atoms with Gasteiger partial charge < -0.3 is 4.74 Å². The van der Waals surface area contributed by atoms with Crippen LogP contribution in [0.15, 0.2) is 47.4 Å². The second-order valence-corrected chi connectivity index (χ2v) is 6.21. The van der Waals surface area contributed by atoms with Gasteiger partial charge in [0, 0.05) is 16.2 Å². The fraction of sp³-hybridized carbons (Fsp3) is 0.278. The lowest BCUT2D eigenvalue weighted by Crippen LogP contribution is -2.01. The molecule has 3 heteroatoms. The van der Waals surface area contributed by atoms with Crippen LogP contribution < -0.4 is 4.74 Å². The lowest BCUT2D eigenvalue weighted by Gasteiger charge is -2.09. The van der Waals surface area contributed by atoms with Gasteiger partial charge in [0.05, 0.1) is 6.61 Å². The van der Waals surface area contributed by atoms with Gasteiger partial charge in [-0.05, 0) is 44.5 Å². The van der Waals surface area contributed by atoms with Crippen molar-refractivity contribution in [3.05, 3.63) is 59.2 Å².